The number of carbonyl (C=O) groups excluding carboxylic acids is 3. The Labute approximate surface area is 635 Å². The van der Waals surface area contributed by atoms with E-state index < -0.39 is 5.97 Å². The van der Waals surface area contributed by atoms with Gasteiger partial charge < -0.3 is 28.2 Å². The maximum Gasteiger partial charge on any atom is 0.300 e. The van der Waals surface area contributed by atoms with Crippen molar-refractivity contribution in [1.82, 2.24) is 16.1 Å². The molecule has 3 heterocycles. The number of aromatic nitrogens is 3. The first-order valence-corrected chi connectivity index (χ1v) is 34.6. The van der Waals surface area contributed by atoms with Crippen LogP contribution in [0.15, 0.2) is 401 Å². The van der Waals surface area contributed by atoms with Gasteiger partial charge in [-0.15, -0.1) is 0 Å². The van der Waals surface area contributed by atoms with Gasteiger partial charge in [0, 0.05) is 58.0 Å². The number of allylic oxidation sites excluding steroid dienone is 2. The normalized spacial score (nSPS) is 10.5. The lowest BCUT2D eigenvalue weighted by atomic mass is 9.95. The smallest absolute Gasteiger partial charge is 0.300 e. The van der Waals surface area contributed by atoms with Crippen LogP contribution in [0.4, 0.5) is 0 Å². The third kappa shape index (κ3) is 21.8. The fourth-order valence-electron chi connectivity index (χ4n) is 11.8. The molecule has 4 N–H and O–H groups in total. The van der Waals surface area contributed by atoms with Crippen LogP contribution in [0.25, 0.3) is 113 Å². The molecule has 0 bridgehead atoms. The predicted molar refractivity (Wildman–Crippen MR) is 433 cm³/mol. The summed E-state index contributed by atoms with van der Waals surface area (Å²) in [5, 5.41) is 7.42. The maximum absolute atomic E-state index is 12.2. The minimum absolute atomic E-state index is 0. The molecule has 0 saturated carbocycles. The number of nitrogens with zero attached hydrogens (tertiary/aromatic N) is 3. The van der Waals surface area contributed by atoms with E-state index in [4.69, 9.17) is 19.9 Å². The number of carboxylic acids is 1. The number of halogens is 1. The molecule has 0 atom stereocenters. The zero-order valence-electron chi connectivity index (χ0n) is 59.0. The van der Waals surface area contributed by atoms with Gasteiger partial charge in [-0.05, 0) is 115 Å². The van der Waals surface area contributed by atoms with Gasteiger partial charge in [0.15, 0.2) is 24.0 Å². The van der Waals surface area contributed by atoms with Crippen LogP contribution in [0.5, 0.6) is 0 Å². The lowest BCUT2D eigenvalue weighted by molar-refractivity contribution is -0.683. The van der Waals surface area contributed by atoms with E-state index in [0.29, 0.717) is 17.7 Å². The highest BCUT2D eigenvalue weighted by Gasteiger charge is 2.16. The summed E-state index contributed by atoms with van der Waals surface area (Å²) in [7, 11) is 0. The number of hydrogen-bond acceptors (Lipinski definition) is 7. The molecule has 0 aliphatic rings. The van der Waals surface area contributed by atoms with Crippen LogP contribution in [0, 0.1) is 0 Å². The summed E-state index contributed by atoms with van der Waals surface area (Å²) < 4.78 is 1.88. The van der Waals surface area contributed by atoms with Crippen LogP contribution in [-0.2, 0) is 11.3 Å². The van der Waals surface area contributed by atoms with Crippen molar-refractivity contribution in [2.24, 2.45) is 0 Å². The Hall–Kier alpha value is -13.5. The van der Waals surface area contributed by atoms with Crippen molar-refractivity contribution < 1.29 is 45.8 Å². The quantitative estimate of drug-likeness (QED) is 0.0489. The van der Waals surface area contributed by atoms with Crippen LogP contribution in [-0.4, -0.2) is 38.4 Å². The number of carboxylic acid groups (broad SMARTS) is 1. The van der Waals surface area contributed by atoms with E-state index in [9.17, 15) is 14.4 Å². The molecule has 12 aromatic carbocycles. The number of ketones is 3. The molecule has 0 amide bonds. The minimum atomic E-state index is -0.833. The summed E-state index contributed by atoms with van der Waals surface area (Å²) in [6, 6.07) is 127. The first-order chi connectivity index (χ1) is 51.5. The van der Waals surface area contributed by atoms with Gasteiger partial charge in [-0.1, -0.05) is 340 Å². The van der Waals surface area contributed by atoms with Gasteiger partial charge in [-0.3, -0.25) is 19.2 Å². The Bertz CT molecular complexity index is 5160. The second kappa shape index (κ2) is 38.7. The van der Waals surface area contributed by atoms with Gasteiger partial charge in [0.25, 0.3) is 5.97 Å². The molecule has 3 aromatic heterocycles. The van der Waals surface area contributed by atoms with Gasteiger partial charge >= 0.3 is 0 Å². The van der Waals surface area contributed by atoms with Crippen molar-refractivity contribution >= 4 is 35.5 Å². The Kier molecular flexibility index (Phi) is 27.5. The standard InChI is InChI=1S/C52H36N2.C24H18O2.C19H16NO.C2H4O2.BrH.H3N/c1-5-14-37(15-6-1)39-24-28-43(29-25-39)51-35-47(33-49(53-51)41-18-9-3-10-19-41)45-22-13-23-46(32-45)48-34-50(42-20-11-4-12-21-42)54-52(36-48)44-30-26-40(27-31-44)38-16-7-2-8-17-38;25-23(21-10-3-1-4-11-21)16-14-19-8-7-9-20(18-19)15-17-24(26)22-12-5-2-6-13-22;21-19(15-20-13-5-2-6-14-20)18-11-9-17(10-12-18)16-7-3-1-4-8-16;1-2(3)4;;/h1-36H;1-18H;1-14H,15H2;1H3,(H,3,4);1H;1H3/q;;+1;;;/p-1/b;16-14+,17-15+;;;;. The fourth-order valence-corrected chi connectivity index (χ4v) is 11.8. The number of carbonyl (C=O) groups is 4. The summed E-state index contributed by atoms with van der Waals surface area (Å²) in [6.07, 6.45) is 10.5. The van der Waals surface area contributed by atoms with E-state index in [0.717, 1.165) is 102 Å². The number of rotatable bonds is 18. The molecule has 0 aliphatic heterocycles. The molecule has 0 saturated heterocycles. The molecule has 0 spiro atoms. The predicted octanol–water partition coefficient (Wildman–Crippen LogP) is 20.1. The highest BCUT2D eigenvalue weighted by Crippen LogP contribution is 2.36. The number of pyridine rings is 3. The molecular weight excluding hydrogens is 1380 g/mol. The number of benzene rings is 12. The van der Waals surface area contributed by atoms with Gasteiger partial charge in [0.2, 0.25) is 12.3 Å². The molecule has 10 heteroatoms. The molecular formula is C97H77BrN4O5. The average molecular weight is 1460 g/mol. The number of aliphatic carboxylic acids is 1. The molecule has 9 nitrogen and oxygen atoms in total. The van der Waals surface area contributed by atoms with Crippen LogP contribution in [0.3, 0.4) is 0 Å². The largest absolute Gasteiger partial charge is 1.00 e. The maximum atomic E-state index is 12.2. The van der Waals surface area contributed by atoms with E-state index >= 15 is 0 Å². The Morgan fingerprint density at radius 1 is 0.290 bits per heavy atom. The van der Waals surface area contributed by atoms with E-state index in [1.165, 1.54) is 22.3 Å². The van der Waals surface area contributed by atoms with E-state index in [-0.39, 0.29) is 40.5 Å². The third-order valence-electron chi connectivity index (χ3n) is 17.2. The van der Waals surface area contributed by atoms with Crippen LogP contribution >= 0.6 is 0 Å². The summed E-state index contributed by atoms with van der Waals surface area (Å²) >= 11 is 0. The van der Waals surface area contributed by atoms with Crippen molar-refractivity contribution in [3.8, 4) is 101 Å². The Morgan fingerprint density at radius 3 is 0.897 bits per heavy atom. The summed E-state index contributed by atoms with van der Waals surface area (Å²) in [4.78, 5) is 55.9. The van der Waals surface area contributed by atoms with Crippen molar-refractivity contribution in [2.75, 3.05) is 0 Å². The third-order valence-corrected chi connectivity index (χ3v) is 17.2. The molecule has 15 aromatic rings. The van der Waals surface area contributed by atoms with Gasteiger partial charge in [0.05, 0.1) is 22.8 Å². The highest BCUT2D eigenvalue weighted by molar-refractivity contribution is 6.07. The molecule has 0 radical (unpaired) electrons. The van der Waals surface area contributed by atoms with Crippen LogP contribution in [0.1, 0.15) is 49.1 Å². The van der Waals surface area contributed by atoms with Crippen molar-refractivity contribution in [2.45, 2.75) is 13.5 Å². The topological polar surface area (TPSA) is 153 Å². The molecule has 107 heavy (non-hydrogen) atoms. The molecule has 0 fully saturated rings. The van der Waals surface area contributed by atoms with Gasteiger partial charge in [-0.25, -0.2) is 9.97 Å². The first-order valence-electron chi connectivity index (χ1n) is 34.6. The van der Waals surface area contributed by atoms with Gasteiger partial charge in [-0.2, -0.15) is 4.57 Å². The lowest BCUT2D eigenvalue weighted by Crippen LogP contribution is -3.00. The fraction of sp³-hybridized carbons (Fsp3) is 0.0206. The molecule has 15 rings (SSSR count). The Balaban J connectivity index is 0.000000191. The SMILES string of the molecule is CC(=O)O.N.O=C(/C=C/c1cccc(/C=C/C(=O)c2ccccc2)c1)c1ccccc1.O=C(C[n+]1ccccc1)c1ccc(-c2ccccc2)cc1.[Br-].c1ccc(-c2ccc(-c3cc(-c4cccc(-c5cc(-c6ccccc6)nc(-c6ccc(-c7ccccc7)cc6)c5)c4)cc(-c4ccccc4)n3)cc2)cc1. The second-order valence-electron chi connectivity index (χ2n) is 24.7. The molecule has 0 unspecified atom stereocenters. The highest BCUT2D eigenvalue weighted by atomic mass is 79.9. The lowest BCUT2D eigenvalue weighted by Gasteiger charge is -2.13. The van der Waals surface area contributed by atoms with Crippen molar-refractivity contribution in [3.05, 3.63) is 428 Å². The zero-order valence-corrected chi connectivity index (χ0v) is 60.6. The van der Waals surface area contributed by atoms with E-state index in [2.05, 4.69) is 206 Å². The van der Waals surface area contributed by atoms with Crippen molar-refractivity contribution in [1.29, 1.82) is 0 Å². The zero-order chi connectivity index (χ0) is 72.4. The number of hydrogen-bond donors (Lipinski definition) is 2. The summed E-state index contributed by atoms with van der Waals surface area (Å²) in [6.45, 7) is 1.45. The molecule has 522 valence electrons. The van der Waals surface area contributed by atoms with Crippen LogP contribution in [0.2, 0.25) is 0 Å². The second-order valence-corrected chi connectivity index (χ2v) is 24.7. The van der Waals surface area contributed by atoms with E-state index in [1.54, 1.807) is 48.6 Å². The average Bonchev–Trinajstić information content (AvgIpc) is 0.788. The van der Waals surface area contributed by atoms with Crippen molar-refractivity contribution in [3.63, 3.8) is 0 Å². The summed E-state index contributed by atoms with van der Waals surface area (Å²) in [5.74, 6) is -0.789. The van der Waals surface area contributed by atoms with Crippen LogP contribution < -0.4 is 27.7 Å². The van der Waals surface area contributed by atoms with E-state index in [1.807, 2.05) is 163 Å². The molecule has 0 aliphatic carbocycles. The monoisotopic (exact) mass is 1460 g/mol. The first kappa shape index (κ1) is 76.1. The minimum Gasteiger partial charge on any atom is -1.00 e. The van der Waals surface area contributed by atoms with Gasteiger partial charge in [0.1, 0.15) is 0 Å². The Morgan fingerprint density at radius 2 is 0.551 bits per heavy atom. The number of Topliss-reactive ketones (excluding diaryl/α,β-unsaturated/α-hetero) is 1. The summed E-state index contributed by atoms with van der Waals surface area (Å²) in [5.41, 5.74) is 23.5.